The second kappa shape index (κ2) is 7.67. The number of nitrogens with one attached hydrogen (secondary N) is 2. The number of aromatic nitrogens is 1. The van der Waals surface area contributed by atoms with Crippen molar-refractivity contribution in [2.24, 2.45) is 0 Å². The molecule has 6 nitrogen and oxygen atoms in total. The number of furan rings is 1. The maximum atomic E-state index is 13.0. The lowest BCUT2D eigenvalue weighted by Crippen LogP contribution is -2.17. The van der Waals surface area contributed by atoms with Crippen LogP contribution in [-0.4, -0.2) is 16.4 Å². The van der Waals surface area contributed by atoms with Gasteiger partial charge in [0, 0.05) is 37.0 Å². The van der Waals surface area contributed by atoms with Crippen molar-refractivity contribution in [1.82, 2.24) is 4.57 Å². The Labute approximate surface area is 168 Å². The van der Waals surface area contributed by atoms with Crippen molar-refractivity contribution in [1.29, 1.82) is 0 Å². The molecule has 4 aromatic rings. The first-order valence-corrected chi connectivity index (χ1v) is 9.31. The summed E-state index contributed by atoms with van der Waals surface area (Å²) in [6.07, 6.45) is 1.63. The summed E-state index contributed by atoms with van der Waals surface area (Å²) in [7, 11) is 0. The molecule has 0 aliphatic heterocycles. The Balaban J connectivity index is 1.61. The molecule has 0 aliphatic carbocycles. The molecule has 0 radical (unpaired) electrons. The predicted octanol–water partition coefficient (Wildman–Crippen LogP) is 4.80. The first kappa shape index (κ1) is 18.6. The summed E-state index contributed by atoms with van der Waals surface area (Å²) in [4.78, 5) is 24.1. The molecule has 0 spiro atoms. The topological polar surface area (TPSA) is 76.3 Å². The van der Waals surface area contributed by atoms with Gasteiger partial charge in [-0.1, -0.05) is 24.3 Å². The van der Waals surface area contributed by atoms with E-state index in [1.165, 1.54) is 6.92 Å². The molecule has 0 unspecified atom stereocenters. The number of amides is 2. The summed E-state index contributed by atoms with van der Waals surface area (Å²) >= 11 is 0. The molecular weight excluding hydrogens is 366 g/mol. The number of nitrogens with zero attached hydrogens (tertiary/aromatic N) is 1. The minimum atomic E-state index is -0.225. The Hall–Kier alpha value is -3.80. The van der Waals surface area contributed by atoms with Crippen LogP contribution in [0.3, 0.4) is 0 Å². The minimum Gasteiger partial charge on any atom is -0.463 e. The molecule has 0 bridgehead atoms. The quantitative estimate of drug-likeness (QED) is 0.516. The van der Waals surface area contributed by atoms with Crippen LogP contribution < -0.4 is 10.6 Å². The Bertz CT molecular complexity index is 1190. The van der Waals surface area contributed by atoms with Crippen molar-refractivity contribution < 1.29 is 14.0 Å². The first-order valence-electron chi connectivity index (χ1n) is 9.31. The van der Waals surface area contributed by atoms with Gasteiger partial charge in [0.05, 0.1) is 11.8 Å². The van der Waals surface area contributed by atoms with E-state index in [9.17, 15) is 9.59 Å². The Kier molecular flexibility index (Phi) is 4.91. The normalized spacial score (nSPS) is 10.8. The molecular formula is C23H21N3O3. The van der Waals surface area contributed by atoms with Crippen molar-refractivity contribution >= 4 is 34.3 Å². The fourth-order valence-corrected chi connectivity index (χ4v) is 3.33. The molecule has 29 heavy (non-hydrogen) atoms. The second-order valence-corrected chi connectivity index (χ2v) is 6.92. The van der Waals surface area contributed by atoms with Gasteiger partial charge in [-0.05, 0) is 42.3 Å². The van der Waals surface area contributed by atoms with E-state index in [1.807, 2.05) is 22.8 Å². The summed E-state index contributed by atoms with van der Waals surface area (Å²) in [5.74, 6) is -0.365. The van der Waals surface area contributed by atoms with Crippen LogP contribution in [0, 0.1) is 6.92 Å². The molecule has 2 heterocycles. The number of carbonyl (C=O) groups excluding carboxylic acids is 2. The van der Waals surface area contributed by atoms with Gasteiger partial charge in [-0.25, -0.2) is 0 Å². The number of hydrogen-bond acceptors (Lipinski definition) is 3. The lowest BCUT2D eigenvalue weighted by molar-refractivity contribution is -0.114. The number of benzene rings is 2. The molecule has 0 atom stereocenters. The number of anilines is 2. The van der Waals surface area contributed by atoms with Crippen LogP contribution in [0.4, 0.5) is 11.4 Å². The van der Waals surface area contributed by atoms with Crippen molar-refractivity contribution in [2.75, 3.05) is 10.6 Å². The van der Waals surface area contributed by atoms with Gasteiger partial charge >= 0.3 is 0 Å². The van der Waals surface area contributed by atoms with Gasteiger partial charge in [-0.15, -0.1) is 0 Å². The Morgan fingerprint density at radius 2 is 1.66 bits per heavy atom. The summed E-state index contributed by atoms with van der Waals surface area (Å²) in [6, 6.07) is 18.7. The standard InChI is InChI=1S/C23H21N3O3/c1-15-5-3-4-6-17(15)14-26-20-11-12-29-22(20)13-21(26)23(28)25-19-9-7-18(8-10-19)24-16(2)27/h3-13H,14H2,1-2H3,(H,24,27)(H,25,28). The smallest absolute Gasteiger partial charge is 0.272 e. The molecule has 0 aliphatic rings. The zero-order valence-corrected chi connectivity index (χ0v) is 16.2. The molecule has 4 rings (SSSR count). The van der Waals surface area contributed by atoms with Gasteiger partial charge in [-0.3, -0.25) is 9.59 Å². The van der Waals surface area contributed by atoms with E-state index in [-0.39, 0.29) is 11.8 Å². The van der Waals surface area contributed by atoms with Crippen LogP contribution in [0.5, 0.6) is 0 Å². The number of aryl methyl sites for hydroxylation is 1. The fraction of sp³-hybridized carbons (Fsp3) is 0.130. The lowest BCUT2D eigenvalue weighted by Gasteiger charge is -2.12. The number of fused-ring (bicyclic) bond motifs is 1. The van der Waals surface area contributed by atoms with E-state index in [1.54, 1.807) is 36.6 Å². The molecule has 0 saturated carbocycles. The van der Waals surface area contributed by atoms with Crippen LogP contribution in [-0.2, 0) is 11.3 Å². The van der Waals surface area contributed by atoms with E-state index in [4.69, 9.17) is 4.42 Å². The third-order valence-electron chi connectivity index (χ3n) is 4.81. The summed E-state index contributed by atoms with van der Waals surface area (Å²) in [5, 5.41) is 5.62. The minimum absolute atomic E-state index is 0.140. The Morgan fingerprint density at radius 3 is 2.34 bits per heavy atom. The average Bonchev–Trinajstić information content (AvgIpc) is 3.27. The SMILES string of the molecule is CC(=O)Nc1ccc(NC(=O)c2cc3occc3n2Cc2ccccc2C)cc1. The molecule has 0 saturated heterocycles. The zero-order chi connectivity index (χ0) is 20.4. The third kappa shape index (κ3) is 3.91. The van der Waals surface area contributed by atoms with Crippen LogP contribution >= 0.6 is 0 Å². The number of hydrogen-bond donors (Lipinski definition) is 2. The predicted molar refractivity (Wildman–Crippen MR) is 113 cm³/mol. The van der Waals surface area contributed by atoms with E-state index in [0.29, 0.717) is 29.2 Å². The summed E-state index contributed by atoms with van der Waals surface area (Å²) in [6.45, 7) is 4.08. The van der Waals surface area contributed by atoms with Gasteiger partial charge in [0.1, 0.15) is 5.69 Å². The van der Waals surface area contributed by atoms with Gasteiger partial charge in [0.15, 0.2) is 5.58 Å². The Morgan fingerprint density at radius 1 is 0.966 bits per heavy atom. The molecule has 0 fully saturated rings. The van der Waals surface area contributed by atoms with Crippen molar-refractivity contribution in [3.63, 3.8) is 0 Å². The lowest BCUT2D eigenvalue weighted by atomic mass is 10.1. The largest absolute Gasteiger partial charge is 0.463 e. The second-order valence-electron chi connectivity index (χ2n) is 6.92. The van der Waals surface area contributed by atoms with Crippen molar-refractivity contribution in [3.05, 3.63) is 83.7 Å². The molecule has 2 amide bonds. The highest BCUT2D eigenvalue weighted by atomic mass is 16.3. The monoisotopic (exact) mass is 387 g/mol. The highest BCUT2D eigenvalue weighted by Gasteiger charge is 2.18. The van der Waals surface area contributed by atoms with E-state index in [0.717, 1.165) is 16.6 Å². The third-order valence-corrected chi connectivity index (χ3v) is 4.81. The maximum absolute atomic E-state index is 13.0. The molecule has 6 heteroatoms. The number of carbonyl (C=O) groups is 2. The molecule has 2 N–H and O–H groups in total. The van der Waals surface area contributed by atoms with E-state index >= 15 is 0 Å². The fourth-order valence-electron chi connectivity index (χ4n) is 3.33. The molecule has 2 aromatic heterocycles. The van der Waals surface area contributed by atoms with Crippen LogP contribution in [0.2, 0.25) is 0 Å². The summed E-state index contributed by atoms with van der Waals surface area (Å²) in [5.41, 5.74) is 5.69. The van der Waals surface area contributed by atoms with Gasteiger partial charge in [0.25, 0.3) is 5.91 Å². The van der Waals surface area contributed by atoms with Gasteiger partial charge < -0.3 is 19.6 Å². The number of rotatable bonds is 5. The molecule has 2 aromatic carbocycles. The summed E-state index contributed by atoms with van der Waals surface area (Å²) < 4.78 is 7.48. The van der Waals surface area contributed by atoms with E-state index < -0.39 is 0 Å². The van der Waals surface area contributed by atoms with Crippen molar-refractivity contribution in [3.8, 4) is 0 Å². The van der Waals surface area contributed by atoms with Gasteiger partial charge in [-0.2, -0.15) is 0 Å². The van der Waals surface area contributed by atoms with Crippen LogP contribution in [0.1, 0.15) is 28.5 Å². The highest BCUT2D eigenvalue weighted by Crippen LogP contribution is 2.24. The molecule has 146 valence electrons. The van der Waals surface area contributed by atoms with Crippen molar-refractivity contribution in [2.45, 2.75) is 20.4 Å². The average molecular weight is 387 g/mol. The maximum Gasteiger partial charge on any atom is 0.272 e. The van der Waals surface area contributed by atoms with E-state index in [2.05, 4.69) is 29.7 Å². The zero-order valence-electron chi connectivity index (χ0n) is 16.2. The highest BCUT2D eigenvalue weighted by molar-refractivity contribution is 6.06. The van der Waals surface area contributed by atoms with Crippen LogP contribution in [0.25, 0.3) is 11.1 Å². The first-order chi connectivity index (χ1) is 14.0. The van der Waals surface area contributed by atoms with Gasteiger partial charge in [0.2, 0.25) is 5.91 Å². The van der Waals surface area contributed by atoms with Crippen LogP contribution in [0.15, 0.2) is 71.3 Å².